The lowest BCUT2D eigenvalue weighted by molar-refractivity contribution is -0.160. The number of carbonyl (C=O) groups excluding carboxylic acids is 3. The van der Waals surface area contributed by atoms with Crippen molar-refractivity contribution in [1.29, 1.82) is 0 Å². The molecule has 45 heavy (non-hydrogen) atoms. The second-order valence-corrected chi connectivity index (χ2v) is 13.7. The standard InChI is InChI=1S/C34H46ClN3O7/c1-33(2,3)44-31(40)38(32(41)45-34(4,5)6)19-11-10-18-36-26-13-7-8-14-27(26)37(20-22-43-29-15-9-12-21-42-29)30(39)25-17-16-24(35)23-28(25)36/h7-8,13-14,16-17,23,29H,9-12,15,18-22H2,1-6H3. The Morgan fingerprint density at radius 2 is 1.53 bits per heavy atom. The maximum Gasteiger partial charge on any atom is 0.419 e. The van der Waals surface area contributed by atoms with Gasteiger partial charge in [0, 0.05) is 31.3 Å². The number of benzene rings is 2. The van der Waals surface area contributed by atoms with Crippen LogP contribution in [0.5, 0.6) is 0 Å². The van der Waals surface area contributed by atoms with Gasteiger partial charge in [0.1, 0.15) is 11.2 Å². The number of nitrogens with zero attached hydrogens (tertiary/aromatic N) is 3. The number of amides is 3. The van der Waals surface area contributed by atoms with E-state index in [1.165, 1.54) is 0 Å². The highest BCUT2D eigenvalue weighted by Gasteiger charge is 2.33. The number of carbonyl (C=O) groups is 3. The van der Waals surface area contributed by atoms with Crippen LogP contribution in [0.2, 0.25) is 5.02 Å². The number of rotatable bonds is 9. The van der Waals surface area contributed by atoms with Crippen molar-refractivity contribution in [2.24, 2.45) is 0 Å². The Bertz CT molecular complexity index is 1320. The van der Waals surface area contributed by atoms with E-state index in [4.69, 9.17) is 30.5 Å². The van der Waals surface area contributed by atoms with Gasteiger partial charge in [-0.3, -0.25) is 4.79 Å². The first-order valence-electron chi connectivity index (χ1n) is 15.7. The number of halogens is 1. The van der Waals surface area contributed by atoms with Gasteiger partial charge in [-0.2, -0.15) is 0 Å². The first-order valence-corrected chi connectivity index (χ1v) is 16.1. The molecule has 1 fully saturated rings. The molecule has 3 amide bonds. The fourth-order valence-electron chi connectivity index (χ4n) is 5.23. The number of para-hydroxylation sites is 2. The van der Waals surface area contributed by atoms with E-state index >= 15 is 0 Å². The summed E-state index contributed by atoms with van der Waals surface area (Å²) in [6.45, 7) is 12.5. The number of hydrogen-bond acceptors (Lipinski definition) is 8. The highest BCUT2D eigenvalue weighted by Crippen LogP contribution is 2.41. The van der Waals surface area contributed by atoms with Gasteiger partial charge in [0.15, 0.2) is 6.29 Å². The average Bonchev–Trinajstić information content (AvgIpc) is 3.04. The molecule has 0 N–H and O–H groups in total. The Morgan fingerprint density at radius 3 is 2.13 bits per heavy atom. The summed E-state index contributed by atoms with van der Waals surface area (Å²) in [6.07, 6.45) is 2.24. The van der Waals surface area contributed by atoms with Crippen LogP contribution in [0.3, 0.4) is 0 Å². The van der Waals surface area contributed by atoms with Crippen LogP contribution in [0.15, 0.2) is 42.5 Å². The molecule has 2 aromatic rings. The molecule has 0 aromatic heterocycles. The molecule has 2 aromatic carbocycles. The van der Waals surface area contributed by atoms with Crippen LogP contribution < -0.4 is 9.80 Å². The molecule has 10 nitrogen and oxygen atoms in total. The molecule has 0 saturated carbocycles. The second-order valence-electron chi connectivity index (χ2n) is 13.2. The van der Waals surface area contributed by atoms with Crippen molar-refractivity contribution in [2.45, 2.75) is 91.1 Å². The summed E-state index contributed by atoms with van der Waals surface area (Å²) in [6, 6.07) is 13.0. The molecule has 0 radical (unpaired) electrons. The van der Waals surface area contributed by atoms with Gasteiger partial charge < -0.3 is 28.7 Å². The third-order valence-electron chi connectivity index (χ3n) is 7.19. The third-order valence-corrected chi connectivity index (χ3v) is 7.42. The molecule has 246 valence electrons. The first kappa shape index (κ1) is 34.5. The summed E-state index contributed by atoms with van der Waals surface area (Å²) in [4.78, 5) is 44.8. The van der Waals surface area contributed by atoms with Crippen LogP contribution in [-0.4, -0.2) is 73.3 Å². The van der Waals surface area contributed by atoms with Crippen molar-refractivity contribution in [3.8, 4) is 0 Å². The molecule has 0 spiro atoms. The maximum atomic E-state index is 14.0. The lowest BCUT2D eigenvalue weighted by Crippen LogP contribution is -2.44. The number of anilines is 3. The van der Waals surface area contributed by atoms with Gasteiger partial charge in [0.05, 0.1) is 29.2 Å². The van der Waals surface area contributed by atoms with E-state index in [0.717, 1.165) is 35.5 Å². The van der Waals surface area contributed by atoms with E-state index < -0.39 is 23.4 Å². The minimum absolute atomic E-state index is 0.105. The predicted molar refractivity (Wildman–Crippen MR) is 175 cm³/mol. The smallest absolute Gasteiger partial charge is 0.419 e. The highest BCUT2D eigenvalue weighted by atomic mass is 35.5. The molecule has 0 aliphatic carbocycles. The van der Waals surface area contributed by atoms with Gasteiger partial charge in [0.25, 0.3) is 5.91 Å². The normalized spacial score (nSPS) is 16.9. The molecular formula is C34H46ClN3O7. The lowest BCUT2D eigenvalue weighted by Gasteiger charge is -2.30. The Hall–Kier alpha value is -3.34. The van der Waals surface area contributed by atoms with Gasteiger partial charge in [-0.1, -0.05) is 23.7 Å². The number of unbranched alkanes of at least 4 members (excludes halogenated alkanes) is 1. The van der Waals surface area contributed by atoms with Gasteiger partial charge in [0.2, 0.25) is 0 Å². The zero-order valence-electron chi connectivity index (χ0n) is 27.3. The van der Waals surface area contributed by atoms with E-state index in [9.17, 15) is 14.4 Å². The number of hydrogen-bond donors (Lipinski definition) is 0. The maximum absolute atomic E-state index is 14.0. The number of fused-ring (bicyclic) bond motifs is 2. The van der Waals surface area contributed by atoms with Crippen molar-refractivity contribution in [3.63, 3.8) is 0 Å². The van der Waals surface area contributed by atoms with Gasteiger partial charge >= 0.3 is 12.2 Å². The number of ether oxygens (including phenoxy) is 4. The van der Waals surface area contributed by atoms with Crippen LogP contribution >= 0.6 is 11.6 Å². The molecule has 2 aliphatic heterocycles. The van der Waals surface area contributed by atoms with Crippen molar-refractivity contribution in [3.05, 3.63) is 53.1 Å². The molecule has 11 heteroatoms. The number of imide groups is 1. The summed E-state index contributed by atoms with van der Waals surface area (Å²) in [5.41, 5.74) is 1.26. The lowest BCUT2D eigenvalue weighted by atomic mass is 10.1. The summed E-state index contributed by atoms with van der Waals surface area (Å²) in [5.74, 6) is -0.147. The summed E-state index contributed by atoms with van der Waals surface area (Å²) in [5, 5.41) is 0.510. The van der Waals surface area contributed by atoms with Crippen LogP contribution in [0.1, 0.15) is 84.0 Å². The molecule has 1 unspecified atom stereocenters. The molecule has 4 rings (SSSR count). The fraction of sp³-hybridized carbons (Fsp3) is 0.559. The minimum atomic E-state index is -0.775. The topological polar surface area (TPSA) is 97.9 Å². The first-order chi connectivity index (χ1) is 21.2. The average molecular weight is 644 g/mol. The van der Waals surface area contributed by atoms with Gasteiger partial charge in [-0.05, 0) is 104 Å². The summed E-state index contributed by atoms with van der Waals surface area (Å²) in [7, 11) is 0. The SMILES string of the molecule is CC(C)(C)OC(=O)N(CCCCN1c2cc(Cl)ccc2C(=O)N(CCOC2CCCCO2)c2ccccc21)C(=O)OC(C)(C)C. The molecule has 2 heterocycles. The molecule has 1 saturated heterocycles. The Morgan fingerprint density at radius 1 is 0.889 bits per heavy atom. The van der Waals surface area contributed by atoms with Crippen molar-refractivity contribution < 1.29 is 33.3 Å². The van der Waals surface area contributed by atoms with E-state index in [1.54, 1.807) is 64.6 Å². The predicted octanol–water partition coefficient (Wildman–Crippen LogP) is 7.93. The molecule has 0 bridgehead atoms. The molecule has 2 aliphatic rings. The van der Waals surface area contributed by atoms with Gasteiger partial charge in [-0.15, -0.1) is 0 Å². The molecular weight excluding hydrogens is 598 g/mol. The Kier molecular flexibility index (Phi) is 11.4. The monoisotopic (exact) mass is 643 g/mol. The van der Waals surface area contributed by atoms with Gasteiger partial charge in [-0.25, -0.2) is 14.5 Å². The molecule has 1 atom stereocenters. The van der Waals surface area contributed by atoms with Crippen LogP contribution in [-0.2, 0) is 18.9 Å². The zero-order chi connectivity index (χ0) is 32.8. The highest BCUT2D eigenvalue weighted by molar-refractivity contribution is 6.31. The fourth-order valence-corrected chi connectivity index (χ4v) is 5.39. The summed E-state index contributed by atoms with van der Waals surface area (Å²) >= 11 is 6.46. The second kappa shape index (κ2) is 14.8. The Balaban J connectivity index is 1.53. The van der Waals surface area contributed by atoms with E-state index in [2.05, 4.69) is 4.90 Å². The quantitative estimate of drug-likeness (QED) is 0.254. The largest absolute Gasteiger partial charge is 0.443 e. The van der Waals surface area contributed by atoms with E-state index in [1.807, 2.05) is 24.3 Å². The van der Waals surface area contributed by atoms with Crippen LogP contribution in [0, 0.1) is 0 Å². The van der Waals surface area contributed by atoms with Crippen molar-refractivity contribution >= 4 is 46.8 Å². The van der Waals surface area contributed by atoms with Crippen LogP contribution in [0.4, 0.5) is 26.7 Å². The van der Waals surface area contributed by atoms with E-state index in [-0.39, 0.29) is 18.7 Å². The van der Waals surface area contributed by atoms with E-state index in [0.29, 0.717) is 55.4 Å². The van der Waals surface area contributed by atoms with Crippen molar-refractivity contribution in [2.75, 3.05) is 42.6 Å². The zero-order valence-corrected chi connectivity index (χ0v) is 28.0. The van der Waals surface area contributed by atoms with Crippen LogP contribution in [0.25, 0.3) is 0 Å². The Labute approximate surface area is 271 Å². The van der Waals surface area contributed by atoms with Crippen molar-refractivity contribution in [1.82, 2.24) is 4.90 Å². The summed E-state index contributed by atoms with van der Waals surface area (Å²) < 4.78 is 22.7. The minimum Gasteiger partial charge on any atom is -0.443 e. The third kappa shape index (κ3) is 9.58.